The summed E-state index contributed by atoms with van der Waals surface area (Å²) in [7, 11) is 0. The number of halogens is 1. The van der Waals surface area contributed by atoms with Crippen molar-refractivity contribution < 1.29 is 9.18 Å². The van der Waals surface area contributed by atoms with E-state index in [4.69, 9.17) is 5.73 Å². The van der Waals surface area contributed by atoms with Crippen molar-refractivity contribution in [3.8, 4) is 0 Å². The van der Waals surface area contributed by atoms with Gasteiger partial charge < -0.3 is 15.6 Å². The summed E-state index contributed by atoms with van der Waals surface area (Å²) in [5.74, 6) is -0.947. The molecule has 0 saturated heterocycles. The van der Waals surface area contributed by atoms with Gasteiger partial charge in [-0.1, -0.05) is 6.07 Å². The number of nitrogen functional groups attached to an aromatic ring is 1. The van der Waals surface area contributed by atoms with Crippen molar-refractivity contribution in [1.29, 1.82) is 0 Å². The van der Waals surface area contributed by atoms with Crippen LogP contribution in [-0.4, -0.2) is 10.5 Å². The van der Waals surface area contributed by atoms with Gasteiger partial charge in [-0.05, 0) is 31.2 Å². The Morgan fingerprint density at radius 1 is 1.40 bits per heavy atom. The first-order valence-corrected chi connectivity index (χ1v) is 5.98. The lowest BCUT2D eigenvalue weighted by Gasteiger charge is -2.10. The maximum atomic E-state index is 13.1. The number of pyridine rings is 1. The average molecular weight is 275 g/mol. The fraction of sp³-hybridized carbons (Fsp3) is 0.143. The topological polar surface area (TPSA) is 77.1 Å². The molecule has 1 heterocycles. The number of carbonyl (C=O) groups is 1. The maximum absolute atomic E-state index is 13.1. The first-order chi connectivity index (χ1) is 9.47. The number of aryl methyl sites for hydroxylation is 1. The molecule has 0 unspecified atom stereocenters. The lowest BCUT2D eigenvalue weighted by atomic mass is 10.2. The van der Waals surface area contributed by atoms with Gasteiger partial charge in [0.05, 0.1) is 11.4 Å². The number of carbonyl (C=O) groups excluding carboxylic acids is 1. The fourth-order valence-electron chi connectivity index (χ4n) is 1.76. The van der Waals surface area contributed by atoms with Crippen LogP contribution in [0.1, 0.15) is 5.56 Å². The highest BCUT2D eigenvalue weighted by atomic mass is 19.1. The Hall–Kier alpha value is -2.63. The van der Waals surface area contributed by atoms with E-state index in [2.05, 4.69) is 5.32 Å². The third-order valence-electron chi connectivity index (χ3n) is 2.81. The Labute approximate surface area is 114 Å². The van der Waals surface area contributed by atoms with Crippen LogP contribution < -0.4 is 16.6 Å². The Morgan fingerprint density at radius 3 is 2.90 bits per heavy atom. The summed E-state index contributed by atoms with van der Waals surface area (Å²) in [5, 5.41) is 2.48. The minimum Gasteiger partial charge on any atom is -0.397 e. The second-order valence-corrected chi connectivity index (χ2v) is 4.40. The molecule has 1 aromatic heterocycles. The normalized spacial score (nSPS) is 10.3. The van der Waals surface area contributed by atoms with Gasteiger partial charge in [-0.25, -0.2) is 4.39 Å². The zero-order valence-corrected chi connectivity index (χ0v) is 10.9. The highest BCUT2D eigenvalue weighted by Gasteiger charge is 2.08. The van der Waals surface area contributed by atoms with Crippen LogP contribution >= 0.6 is 0 Å². The maximum Gasteiger partial charge on any atom is 0.253 e. The standard InChI is InChI=1S/C14H14FN3O2/c1-9-3-2-6-18(14(9)20)8-13(19)17-12-7-10(15)4-5-11(12)16/h2-7H,8,16H2,1H3,(H,17,19). The summed E-state index contributed by atoms with van der Waals surface area (Å²) in [6.45, 7) is 1.51. The number of hydrogen-bond donors (Lipinski definition) is 2. The number of rotatable bonds is 3. The average Bonchev–Trinajstić information content (AvgIpc) is 2.39. The smallest absolute Gasteiger partial charge is 0.253 e. The zero-order chi connectivity index (χ0) is 14.7. The van der Waals surface area contributed by atoms with E-state index in [9.17, 15) is 14.0 Å². The van der Waals surface area contributed by atoms with Crippen molar-refractivity contribution >= 4 is 17.3 Å². The molecule has 0 aliphatic rings. The molecule has 1 amide bonds. The highest BCUT2D eigenvalue weighted by Crippen LogP contribution is 2.18. The molecule has 0 aliphatic carbocycles. The first-order valence-electron chi connectivity index (χ1n) is 5.98. The van der Waals surface area contributed by atoms with E-state index < -0.39 is 11.7 Å². The molecule has 0 spiro atoms. The van der Waals surface area contributed by atoms with Crippen molar-refractivity contribution in [2.75, 3.05) is 11.1 Å². The molecule has 1 aromatic carbocycles. The van der Waals surface area contributed by atoms with Crippen LogP contribution in [0.3, 0.4) is 0 Å². The largest absolute Gasteiger partial charge is 0.397 e. The Kier molecular flexibility index (Phi) is 3.84. The van der Waals surface area contributed by atoms with Crippen LogP contribution in [0.4, 0.5) is 15.8 Å². The van der Waals surface area contributed by atoms with Crippen molar-refractivity contribution in [2.45, 2.75) is 13.5 Å². The van der Waals surface area contributed by atoms with Gasteiger partial charge in [-0.2, -0.15) is 0 Å². The van der Waals surface area contributed by atoms with Crippen LogP contribution in [0.2, 0.25) is 0 Å². The minimum absolute atomic E-state index is 0.156. The van der Waals surface area contributed by atoms with Gasteiger partial charge >= 0.3 is 0 Å². The summed E-state index contributed by atoms with van der Waals surface area (Å²) in [5.41, 5.74) is 6.39. The van der Waals surface area contributed by atoms with Gasteiger partial charge in [0.2, 0.25) is 5.91 Å². The third kappa shape index (κ3) is 3.03. The van der Waals surface area contributed by atoms with Gasteiger partial charge in [-0.3, -0.25) is 9.59 Å². The van der Waals surface area contributed by atoms with Gasteiger partial charge in [0.1, 0.15) is 12.4 Å². The van der Waals surface area contributed by atoms with Crippen LogP contribution in [0.5, 0.6) is 0 Å². The monoisotopic (exact) mass is 275 g/mol. The molecule has 0 aliphatic heterocycles. The molecule has 20 heavy (non-hydrogen) atoms. The second-order valence-electron chi connectivity index (χ2n) is 4.40. The molecule has 0 fully saturated rings. The van der Waals surface area contributed by atoms with Crippen LogP contribution in [0.15, 0.2) is 41.3 Å². The van der Waals surface area contributed by atoms with E-state index in [1.165, 1.54) is 22.9 Å². The van der Waals surface area contributed by atoms with Crippen molar-refractivity contribution in [3.63, 3.8) is 0 Å². The number of nitrogens with two attached hydrogens (primary N) is 1. The molecule has 6 heteroatoms. The van der Waals surface area contributed by atoms with E-state index in [0.29, 0.717) is 5.56 Å². The summed E-state index contributed by atoms with van der Waals surface area (Å²) < 4.78 is 14.4. The van der Waals surface area contributed by atoms with Crippen LogP contribution in [-0.2, 0) is 11.3 Å². The van der Waals surface area contributed by atoms with Gasteiger partial charge in [-0.15, -0.1) is 0 Å². The SMILES string of the molecule is Cc1cccn(CC(=O)Nc2cc(F)ccc2N)c1=O. The molecule has 0 radical (unpaired) electrons. The number of amides is 1. The molecule has 0 bridgehead atoms. The van der Waals surface area contributed by atoms with Crippen molar-refractivity contribution in [3.05, 3.63) is 58.3 Å². The number of aromatic nitrogens is 1. The van der Waals surface area contributed by atoms with Gasteiger partial charge in [0.15, 0.2) is 0 Å². The Bertz CT molecular complexity index is 710. The molecule has 0 atom stereocenters. The zero-order valence-electron chi connectivity index (χ0n) is 10.9. The Morgan fingerprint density at radius 2 is 2.15 bits per heavy atom. The molecule has 3 N–H and O–H groups in total. The molecule has 0 saturated carbocycles. The van der Waals surface area contributed by atoms with E-state index in [0.717, 1.165) is 6.07 Å². The van der Waals surface area contributed by atoms with E-state index in [-0.39, 0.29) is 23.5 Å². The van der Waals surface area contributed by atoms with E-state index in [1.54, 1.807) is 19.1 Å². The third-order valence-corrected chi connectivity index (χ3v) is 2.81. The quantitative estimate of drug-likeness (QED) is 0.834. The molecular formula is C14H14FN3O2. The predicted molar refractivity (Wildman–Crippen MR) is 74.9 cm³/mol. The number of nitrogens with one attached hydrogen (secondary N) is 1. The molecule has 2 rings (SSSR count). The van der Waals surface area contributed by atoms with Crippen LogP contribution in [0, 0.1) is 12.7 Å². The lowest BCUT2D eigenvalue weighted by molar-refractivity contribution is -0.116. The predicted octanol–water partition coefficient (Wildman–Crippen LogP) is 1.52. The highest BCUT2D eigenvalue weighted by molar-refractivity contribution is 5.93. The number of benzene rings is 1. The number of anilines is 2. The Balaban J connectivity index is 2.15. The minimum atomic E-state index is -0.498. The summed E-state index contributed by atoms with van der Waals surface area (Å²) in [4.78, 5) is 23.6. The van der Waals surface area contributed by atoms with Crippen molar-refractivity contribution in [1.82, 2.24) is 4.57 Å². The van der Waals surface area contributed by atoms with E-state index in [1.807, 2.05) is 0 Å². The summed E-state index contributed by atoms with van der Waals surface area (Å²) >= 11 is 0. The lowest BCUT2D eigenvalue weighted by Crippen LogP contribution is -2.28. The van der Waals surface area contributed by atoms with Gasteiger partial charge in [0.25, 0.3) is 5.56 Å². The van der Waals surface area contributed by atoms with Crippen LogP contribution in [0.25, 0.3) is 0 Å². The molecule has 2 aromatic rings. The first kappa shape index (κ1) is 13.8. The molecule has 5 nitrogen and oxygen atoms in total. The number of nitrogens with zero attached hydrogens (tertiary/aromatic N) is 1. The van der Waals surface area contributed by atoms with Gasteiger partial charge in [0, 0.05) is 11.8 Å². The van der Waals surface area contributed by atoms with E-state index >= 15 is 0 Å². The second kappa shape index (κ2) is 5.56. The molecular weight excluding hydrogens is 261 g/mol. The van der Waals surface area contributed by atoms with Crippen molar-refractivity contribution in [2.24, 2.45) is 0 Å². The summed E-state index contributed by atoms with van der Waals surface area (Å²) in [6, 6.07) is 7.05. The number of hydrogen-bond acceptors (Lipinski definition) is 3. The molecule has 104 valence electrons. The fourth-order valence-corrected chi connectivity index (χ4v) is 1.76. The summed E-state index contributed by atoms with van der Waals surface area (Å²) in [6.07, 6.45) is 1.52.